The van der Waals surface area contributed by atoms with Crippen LogP contribution in [0.5, 0.6) is 0 Å². The van der Waals surface area contributed by atoms with Crippen LogP contribution in [0.1, 0.15) is 30.6 Å². The molecule has 2 aliphatic heterocycles. The summed E-state index contributed by atoms with van der Waals surface area (Å²) in [6, 6.07) is 8.82. The van der Waals surface area contributed by atoms with Crippen molar-refractivity contribution < 1.29 is 14.3 Å². The number of nitriles is 1. The Bertz CT molecular complexity index is 824. The zero-order valence-electron chi connectivity index (χ0n) is 20.5. The number of morpholine rings is 1. The minimum atomic E-state index is -0.661. The van der Waals surface area contributed by atoms with Gasteiger partial charge in [0, 0.05) is 63.6 Å². The van der Waals surface area contributed by atoms with Gasteiger partial charge in [-0.3, -0.25) is 19.4 Å². The fourth-order valence-corrected chi connectivity index (χ4v) is 4.36. The molecule has 0 saturated carbocycles. The second-order valence-electron chi connectivity index (χ2n) is 9.36. The number of carbonyl (C=O) groups is 2. The van der Waals surface area contributed by atoms with E-state index in [1.54, 1.807) is 0 Å². The summed E-state index contributed by atoms with van der Waals surface area (Å²) in [7, 11) is 0. The molecular formula is C25H38N6O3. The van der Waals surface area contributed by atoms with E-state index in [1.807, 2.05) is 44.2 Å². The molecule has 3 rings (SSSR count). The first-order valence-electron chi connectivity index (χ1n) is 12.3. The summed E-state index contributed by atoms with van der Waals surface area (Å²) in [4.78, 5) is 32.4. The molecule has 2 N–H and O–H groups in total. The van der Waals surface area contributed by atoms with Crippen molar-refractivity contribution in [3.63, 3.8) is 0 Å². The minimum absolute atomic E-state index is 0.0710. The third-order valence-electron chi connectivity index (χ3n) is 6.37. The molecule has 2 amide bonds. The molecule has 1 aromatic carbocycles. The molecule has 1 atom stereocenters. The van der Waals surface area contributed by atoms with Crippen LogP contribution in [0.25, 0.3) is 0 Å². The van der Waals surface area contributed by atoms with Crippen LogP contribution >= 0.6 is 0 Å². The standard InChI is InChI=1S/C25H38N6O3/c1-20(2)19-23(25(33)27-8-7-26)28-24(32)21-3-5-22(6-4-21)31-13-11-29(12-14-31)9-10-30-15-17-34-18-16-30/h3-6,20,23H,8-19H2,1-2H3,(H,27,33)(H,28,32)/t23-/m0/s1. The Balaban J connectivity index is 1.47. The molecule has 2 fully saturated rings. The van der Waals surface area contributed by atoms with E-state index in [4.69, 9.17) is 10.00 Å². The first-order chi connectivity index (χ1) is 16.5. The summed E-state index contributed by atoms with van der Waals surface area (Å²) in [5.74, 6) is -0.378. The molecule has 0 bridgehead atoms. The molecule has 2 heterocycles. The molecule has 2 aliphatic rings. The molecule has 0 aliphatic carbocycles. The van der Waals surface area contributed by atoms with Crippen molar-refractivity contribution in [3.8, 4) is 6.07 Å². The number of hydrogen-bond acceptors (Lipinski definition) is 7. The van der Waals surface area contributed by atoms with Crippen LogP contribution in [0.4, 0.5) is 5.69 Å². The Morgan fingerprint density at radius 1 is 1.00 bits per heavy atom. The normalized spacial score (nSPS) is 18.4. The number of ether oxygens (including phenoxy) is 1. The molecule has 2 saturated heterocycles. The lowest BCUT2D eigenvalue weighted by molar-refractivity contribution is -0.123. The van der Waals surface area contributed by atoms with E-state index in [-0.39, 0.29) is 24.3 Å². The first kappa shape index (κ1) is 25.9. The number of hydrogen-bond donors (Lipinski definition) is 2. The lowest BCUT2D eigenvalue weighted by Crippen LogP contribution is -2.49. The minimum Gasteiger partial charge on any atom is -0.379 e. The van der Waals surface area contributed by atoms with E-state index in [1.165, 1.54) is 0 Å². The van der Waals surface area contributed by atoms with Gasteiger partial charge < -0.3 is 20.3 Å². The van der Waals surface area contributed by atoms with Gasteiger partial charge >= 0.3 is 0 Å². The summed E-state index contributed by atoms with van der Waals surface area (Å²) in [6.07, 6.45) is 0.511. The molecule has 0 spiro atoms. The van der Waals surface area contributed by atoms with Crippen LogP contribution in [-0.2, 0) is 9.53 Å². The van der Waals surface area contributed by atoms with E-state index < -0.39 is 6.04 Å². The predicted molar refractivity (Wildman–Crippen MR) is 132 cm³/mol. The number of anilines is 1. The van der Waals surface area contributed by atoms with Gasteiger partial charge in [-0.15, -0.1) is 0 Å². The second kappa shape index (κ2) is 13.3. The van der Waals surface area contributed by atoms with Gasteiger partial charge in [0.05, 0.1) is 19.3 Å². The second-order valence-corrected chi connectivity index (χ2v) is 9.36. The summed E-state index contributed by atoms with van der Waals surface area (Å²) in [6.45, 7) is 13.8. The zero-order chi connectivity index (χ0) is 24.3. The molecule has 0 aromatic heterocycles. The number of amides is 2. The van der Waals surface area contributed by atoms with Crippen LogP contribution in [-0.4, -0.2) is 99.8 Å². The fraction of sp³-hybridized carbons (Fsp3) is 0.640. The van der Waals surface area contributed by atoms with Gasteiger partial charge in [-0.1, -0.05) is 13.8 Å². The van der Waals surface area contributed by atoms with Crippen LogP contribution < -0.4 is 15.5 Å². The fourth-order valence-electron chi connectivity index (χ4n) is 4.36. The van der Waals surface area contributed by atoms with Crippen molar-refractivity contribution in [3.05, 3.63) is 29.8 Å². The Hall–Kier alpha value is -2.67. The smallest absolute Gasteiger partial charge is 0.251 e. The van der Waals surface area contributed by atoms with E-state index in [0.29, 0.717) is 12.0 Å². The largest absolute Gasteiger partial charge is 0.379 e. The van der Waals surface area contributed by atoms with Crippen molar-refractivity contribution in [1.29, 1.82) is 5.26 Å². The third kappa shape index (κ3) is 7.97. The highest BCUT2D eigenvalue weighted by Gasteiger charge is 2.23. The molecule has 0 unspecified atom stereocenters. The van der Waals surface area contributed by atoms with Gasteiger partial charge in [-0.25, -0.2) is 0 Å². The highest BCUT2D eigenvalue weighted by Crippen LogP contribution is 2.18. The van der Waals surface area contributed by atoms with Crippen LogP contribution in [0, 0.1) is 17.2 Å². The number of nitrogens with one attached hydrogen (secondary N) is 2. The Morgan fingerprint density at radius 2 is 1.62 bits per heavy atom. The monoisotopic (exact) mass is 470 g/mol. The van der Waals surface area contributed by atoms with Crippen LogP contribution in [0.3, 0.4) is 0 Å². The highest BCUT2D eigenvalue weighted by molar-refractivity contribution is 5.97. The average Bonchev–Trinajstić information content (AvgIpc) is 2.86. The molecule has 34 heavy (non-hydrogen) atoms. The maximum absolute atomic E-state index is 12.8. The number of nitrogens with zero attached hydrogens (tertiary/aromatic N) is 4. The van der Waals surface area contributed by atoms with Gasteiger partial charge in [0.1, 0.15) is 12.6 Å². The maximum Gasteiger partial charge on any atom is 0.251 e. The maximum atomic E-state index is 12.8. The zero-order valence-corrected chi connectivity index (χ0v) is 20.5. The van der Waals surface area contributed by atoms with Gasteiger partial charge in [-0.05, 0) is 36.6 Å². The molecular weight excluding hydrogens is 432 g/mol. The molecule has 9 heteroatoms. The van der Waals surface area contributed by atoms with E-state index in [9.17, 15) is 9.59 Å². The number of benzene rings is 1. The average molecular weight is 471 g/mol. The van der Waals surface area contributed by atoms with E-state index >= 15 is 0 Å². The molecule has 1 aromatic rings. The van der Waals surface area contributed by atoms with Crippen molar-refractivity contribution in [1.82, 2.24) is 20.4 Å². The van der Waals surface area contributed by atoms with Crippen LogP contribution in [0.2, 0.25) is 0 Å². The topological polar surface area (TPSA) is 101 Å². The van der Waals surface area contributed by atoms with Crippen molar-refractivity contribution in [2.75, 3.05) is 77.0 Å². The summed E-state index contributed by atoms with van der Waals surface area (Å²) >= 11 is 0. The number of piperazine rings is 1. The Morgan fingerprint density at radius 3 is 2.21 bits per heavy atom. The van der Waals surface area contributed by atoms with Gasteiger partial charge in [-0.2, -0.15) is 5.26 Å². The first-order valence-corrected chi connectivity index (χ1v) is 12.3. The summed E-state index contributed by atoms with van der Waals surface area (Å²) in [5, 5.41) is 14.1. The van der Waals surface area contributed by atoms with Crippen molar-refractivity contribution in [2.24, 2.45) is 5.92 Å². The quantitative estimate of drug-likeness (QED) is 0.491. The lowest BCUT2D eigenvalue weighted by Gasteiger charge is -2.37. The van der Waals surface area contributed by atoms with Gasteiger partial charge in [0.25, 0.3) is 5.91 Å². The molecule has 186 valence electrons. The Labute approximate surface area is 203 Å². The molecule has 0 radical (unpaired) electrons. The van der Waals surface area contributed by atoms with Crippen molar-refractivity contribution >= 4 is 17.5 Å². The van der Waals surface area contributed by atoms with Gasteiger partial charge in [0.15, 0.2) is 0 Å². The Kier molecular flexibility index (Phi) is 10.1. The summed E-state index contributed by atoms with van der Waals surface area (Å²) < 4.78 is 5.42. The summed E-state index contributed by atoms with van der Waals surface area (Å²) in [5.41, 5.74) is 1.63. The third-order valence-corrected chi connectivity index (χ3v) is 6.37. The van der Waals surface area contributed by atoms with Crippen molar-refractivity contribution in [2.45, 2.75) is 26.3 Å². The van der Waals surface area contributed by atoms with Crippen LogP contribution in [0.15, 0.2) is 24.3 Å². The van der Waals surface area contributed by atoms with E-state index in [2.05, 4.69) is 25.3 Å². The van der Waals surface area contributed by atoms with Gasteiger partial charge in [0.2, 0.25) is 5.91 Å². The number of rotatable bonds is 10. The predicted octanol–water partition coefficient (Wildman–Crippen LogP) is 0.925. The highest BCUT2D eigenvalue weighted by atomic mass is 16.5. The lowest BCUT2D eigenvalue weighted by atomic mass is 10.0. The number of carbonyl (C=O) groups excluding carboxylic acids is 2. The SMILES string of the molecule is CC(C)C[C@H](NC(=O)c1ccc(N2CCN(CCN3CCOCC3)CC2)cc1)C(=O)NCC#N. The van der Waals surface area contributed by atoms with E-state index in [0.717, 1.165) is 71.3 Å². The molecule has 9 nitrogen and oxygen atoms in total.